The minimum absolute atomic E-state index is 0.281. The van der Waals surface area contributed by atoms with Crippen LogP contribution in [0.5, 0.6) is 0 Å². The Morgan fingerprint density at radius 1 is 1.23 bits per heavy atom. The molecule has 1 aromatic rings. The van der Waals surface area contributed by atoms with Crippen molar-refractivity contribution in [3.8, 4) is 0 Å². The number of carbonyl (C=O) groups excluding carboxylic acids is 1. The molecule has 1 heterocycles. The molecule has 0 unspecified atom stereocenters. The van der Waals surface area contributed by atoms with E-state index in [1.165, 1.54) is 37.8 Å². The fourth-order valence-electron chi connectivity index (χ4n) is 3.39. The molecule has 1 aromatic heterocycles. The summed E-state index contributed by atoms with van der Waals surface area (Å²) in [5.41, 5.74) is 1.24. The molecule has 22 heavy (non-hydrogen) atoms. The number of hydrogen-bond donors (Lipinski definition) is 0. The largest absolute Gasteiger partial charge is 0.343 e. The number of aromatic nitrogens is 3. The summed E-state index contributed by atoms with van der Waals surface area (Å²) in [5.74, 6) is 0.281. The number of hydrogen-bond acceptors (Lipinski definition) is 3. The smallest absolute Gasteiger partial charge is 0.222 e. The maximum Gasteiger partial charge on any atom is 0.222 e. The third-order valence-electron chi connectivity index (χ3n) is 4.76. The summed E-state index contributed by atoms with van der Waals surface area (Å²) in [6, 6.07) is 0.545. The van der Waals surface area contributed by atoms with Crippen LogP contribution < -0.4 is 0 Å². The first kappa shape index (κ1) is 17.0. The van der Waals surface area contributed by atoms with Crippen molar-refractivity contribution >= 4 is 5.91 Å². The third kappa shape index (κ3) is 4.55. The summed E-state index contributed by atoms with van der Waals surface area (Å²) >= 11 is 0. The fourth-order valence-corrected chi connectivity index (χ4v) is 3.39. The Hall–Kier alpha value is -1.39. The molecule has 0 spiro atoms. The summed E-state index contributed by atoms with van der Waals surface area (Å²) in [6.45, 7) is 5.70. The Bertz CT molecular complexity index is 447. The van der Waals surface area contributed by atoms with Crippen LogP contribution >= 0.6 is 0 Å². The van der Waals surface area contributed by atoms with Gasteiger partial charge in [-0.05, 0) is 46.0 Å². The minimum atomic E-state index is 0.281. The van der Waals surface area contributed by atoms with Gasteiger partial charge in [0.1, 0.15) is 0 Å². The summed E-state index contributed by atoms with van der Waals surface area (Å²) < 4.78 is 2.14. The normalized spacial score (nSPS) is 15.9. The van der Waals surface area contributed by atoms with E-state index < -0.39 is 0 Å². The van der Waals surface area contributed by atoms with Crippen LogP contribution in [0.2, 0.25) is 0 Å². The molecule has 1 saturated carbocycles. The molecule has 0 aromatic carbocycles. The average molecular weight is 306 g/mol. The van der Waals surface area contributed by atoms with Crippen LogP contribution in [0, 0.1) is 0 Å². The number of rotatable bonds is 8. The second-order valence-corrected chi connectivity index (χ2v) is 6.23. The van der Waals surface area contributed by atoms with Gasteiger partial charge in [0.05, 0.1) is 17.9 Å². The molecule has 0 N–H and O–H groups in total. The van der Waals surface area contributed by atoms with Crippen LogP contribution in [0.3, 0.4) is 0 Å². The Morgan fingerprint density at radius 2 is 1.95 bits per heavy atom. The van der Waals surface area contributed by atoms with Gasteiger partial charge in [-0.1, -0.05) is 24.5 Å². The second kappa shape index (κ2) is 8.91. The van der Waals surface area contributed by atoms with Gasteiger partial charge in [-0.2, -0.15) is 0 Å². The lowest BCUT2D eigenvalue weighted by Gasteiger charge is -2.23. The second-order valence-electron chi connectivity index (χ2n) is 6.23. The molecule has 0 saturated heterocycles. The molecule has 1 amide bonds. The fraction of sp³-hybridized carbons (Fsp3) is 0.824. The lowest BCUT2D eigenvalue weighted by molar-refractivity contribution is -0.130. The van der Waals surface area contributed by atoms with E-state index in [-0.39, 0.29) is 5.91 Å². The topological polar surface area (TPSA) is 51.0 Å². The quantitative estimate of drug-likeness (QED) is 0.692. The SMILES string of the molecule is CCN(CC)C(=O)CCCCc1cnnn1C1CCCCC1. The van der Waals surface area contributed by atoms with Crippen molar-refractivity contribution in [1.29, 1.82) is 0 Å². The standard InChI is InChI=1S/C17H30N4O/c1-3-20(4-2)17(22)13-9-8-12-16-14-18-19-21(16)15-10-6-5-7-11-15/h14-15H,3-13H2,1-2H3. The highest BCUT2D eigenvalue weighted by molar-refractivity contribution is 5.76. The highest BCUT2D eigenvalue weighted by atomic mass is 16.2. The van der Waals surface area contributed by atoms with Crippen molar-refractivity contribution in [1.82, 2.24) is 19.9 Å². The number of aryl methyl sites for hydroxylation is 1. The van der Waals surface area contributed by atoms with Gasteiger partial charge in [-0.3, -0.25) is 4.79 Å². The number of amides is 1. The molecule has 0 radical (unpaired) electrons. The monoisotopic (exact) mass is 306 g/mol. The Morgan fingerprint density at radius 3 is 2.64 bits per heavy atom. The van der Waals surface area contributed by atoms with Gasteiger partial charge in [-0.15, -0.1) is 5.10 Å². The molecule has 0 atom stereocenters. The van der Waals surface area contributed by atoms with E-state index in [4.69, 9.17) is 0 Å². The molecular formula is C17H30N4O. The van der Waals surface area contributed by atoms with Crippen molar-refractivity contribution in [2.24, 2.45) is 0 Å². The molecule has 5 heteroatoms. The van der Waals surface area contributed by atoms with Gasteiger partial charge in [0.15, 0.2) is 0 Å². The highest BCUT2D eigenvalue weighted by Gasteiger charge is 2.18. The molecule has 1 aliphatic carbocycles. The highest BCUT2D eigenvalue weighted by Crippen LogP contribution is 2.28. The lowest BCUT2D eigenvalue weighted by Crippen LogP contribution is -2.30. The Balaban J connectivity index is 1.75. The minimum Gasteiger partial charge on any atom is -0.343 e. The summed E-state index contributed by atoms with van der Waals surface area (Å²) in [5, 5.41) is 8.40. The van der Waals surface area contributed by atoms with Gasteiger partial charge >= 0.3 is 0 Å². The number of nitrogens with zero attached hydrogens (tertiary/aromatic N) is 4. The van der Waals surface area contributed by atoms with E-state index in [1.807, 2.05) is 24.9 Å². The van der Waals surface area contributed by atoms with Crippen LogP contribution in [0.1, 0.15) is 76.9 Å². The first-order valence-electron chi connectivity index (χ1n) is 8.93. The van der Waals surface area contributed by atoms with Crippen molar-refractivity contribution in [3.05, 3.63) is 11.9 Å². The molecule has 5 nitrogen and oxygen atoms in total. The maximum absolute atomic E-state index is 12.0. The summed E-state index contributed by atoms with van der Waals surface area (Å²) in [4.78, 5) is 13.9. The van der Waals surface area contributed by atoms with Gasteiger partial charge in [0, 0.05) is 19.5 Å². The zero-order valence-corrected chi connectivity index (χ0v) is 14.1. The molecule has 1 aliphatic rings. The molecule has 1 fully saturated rings. The van der Waals surface area contributed by atoms with E-state index >= 15 is 0 Å². The number of carbonyl (C=O) groups is 1. The molecular weight excluding hydrogens is 276 g/mol. The van der Waals surface area contributed by atoms with Gasteiger partial charge < -0.3 is 4.90 Å². The number of unbranched alkanes of at least 4 members (excludes halogenated alkanes) is 1. The van der Waals surface area contributed by atoms with Crippen LogP contribution in [-0.2, 0) is 11.2 Å². The van der Waals surface area contributed by atoms with Gasteiger partial charge in [0.2, 0.25) is 5.91 Å². The van der Waals surface area contributed by atoms with Crippen LogP contribution in [-0.4, -0.2) is 38.9 Å². The predicted molar refractivity (Wildman–Crippen MR) is 87.6 cm³/mol. The van der Waals surface area contributed by atoms with E-state index in [1.54, 1.807) is 0 Å². The van der Waals surface area contributed by atoms with Crippen LogP contribution in [0.4, 0.5) is 0 Å². The van der Waals surface area contributed by atoms with Gasteiger partial charge in [0.25, 0.3) is 0 Å². The van der Waals surface area contributed by atoms with Crippen LogP contribution in [0.25, 0.3) is 0 Å². The molecule has 0 bridgehead atoms. The van der Waals surface area contributed by atoms with E-state index in [2.05, 4.69) is 15.0 Å². The van der Waals surface area contributed by atoms with Crippen molar-refractivity contribution in [3.63, 3.8) is 0 Å². The van der Waals surface area contributed by atoms with E-state index in [0.29, 0.717) is 12.5 Å². The third-order valence-corrected chi connectivity index (χ3v) is 4.76. The Kier molecular flexibility index (Phi) is 6.87. The molecule has 2 rings (SSSR count). The first-order chi connectivity index (χ1) is 10.8. The summed E-state index contributed by atoms with van der Waals surface area (Å²) in [7, 11) is 0. The van der Waals surface area contributed by atoms with Crippen LogP contribution in [0.15, 0.2) is 6.20 Å². The van der Waals surface area contributed by atoms with Gasteiger partial charge in [-0.25, -0.2) is 4.68 Å². The van der Waals surface area contributed by atoms with Crippen molar-refractivity contribution in [2.45, 2.75) is 77.7 Å². The average Bonchev–Trinajstić information content (AvgIpc) is 3.02. The maximum atomic E-state index is 12.0. The molecule has 124 valence electrons. The zero-order chi connectivity index (χ0) is 15.8. The zero-order valence-electron chi connectivity index (χ0n) is 14.1. The summed E-state index contributed by atoms with van der Waals surface area (Å²) in [6.07, 6.45) is 12.0. The predicted octanol–water partition coefficient (Wildman–Crippen LogP) is 3.36. The van der Waals surface area contributed by atoms with Crippen molar-refractivity contribution < 1.29 is 4.79 Å². The van der Waals surface area contributed by atoms with Crippen molar-refractivity contribution in [2.75, 3.05) is 13.1 Å². The first-order valence-corrected chi connectivity index (χ1v) is 8.93. The Labute approximate surface area is 134 Å². The van der Waals surface area contributed by atoms with E-state index in [9.17, 15) is 4.79 Å². The lowest BCUT2D eigenvalue weighted by atomic mass is 9.95. The molecule has 0 aliphatic heterocycles. The van der Waals surface area contributed by atoms with E-state index in [0.717, 1.165) is 32.4 Å².